The average molecular weight is 383 g/mol. The van der Waals surface area contributed by atoms with Crippen molar-refractivity contribution in [3.63, 3.8) is 0 Å². The molecule has 1 atom stereocenters. The molecule has 4 rings (SSSR count). The zero-order valence-corrected chi connectivity index (χ0v) is 15.1. The largest absolute Gasteiger partial charge is 0.508 e. The molecule has 2 aromatic carbocycles. The average Bonchev–Trinajstić information content (AvgIpc) is 2.95. The fraction of sp³-hybridized carbons (Fsp3) is 0.238. The van der Waals surface area contributed by atoms with E-state index in [1.807, 2.05) is 0 Å². The Balaban J connectivity index is 1.93. The first kappa shape index (κ1) is 18.2. The molecular weight excluding hydrogens is 365 g/mol. The van der Waals surface area contributed by atoms with E-state index in [4.69, 9.17) is 9.15 Å². The number of rotatable bonds is 5. The number of nitrogens with zero attached hydrogens (tertiary/aromatic N) is 1. The SMILES string of the molecule is COCCCN1C(=O)c2oc3ccc(F)cc3c(=O)c2C1c1cccc(O)c1. The summed E-state index contributed by atoms with van der Waals surface area (Å²) in [5.74, 6) is -1.00. The summed E-state index contributed by atoms with van der Waals surface area (Å²) in [6.07, 6.45) is 0.563. The van der Waals surface area contributed by atoms with Crippen molar-refractivity contribution in [2.45, 2.75) is 12.5 Å². The van der Waals surface area contributed by atoms with E-state index >= 15 is 0 Å². The lowest BCUT2D eigenvalue weighted by Gasteiger charge is -2.25. The predicted octanol–water partition coefficient (Wildman–Crippen LogP) is 3.22. The molecule has 144 valence electrons. The van der Waals surface area contributed by atoms with Crippen LogP contribution in [0.2, 0.25) is 0 Å². The summed E-state index contributed by atoms with van der Waals surface area (Å²) in [6, 6.07) is 9.29. The Morgan fingerprint density at radius 3 is 2.79 bits per heavy atom. The van der Waals surface area contributed by atoms with Gasteiger partial charge in [0.2, 0.25) is 5.76 Å². The van der Waals surface area contributed by atoms with Crippen molar-refractivity contribution in [1.29, 1.82) is 0 Å². The second-order valence-electron chi connectivity index (χ2n) is 6.66. The van der Waals surface area contributed by atoms with Gasteiger partial charge in [0.15, 0.2) is 5.43 Å². The first-order valence-corrected chi connectivity index (χ1v) is 8.86. The summed E-state index contributed by atoms with van der Waals surface area (Å²) in [7, 11) is 1.57. The van der Waals surface area contributed by atoms with Crippen LogP contribution in [0.3, 0.4) is 0 Å². The topological polar surface area (TPSA) is 80.0 Å². The summed E-state index contributed by atoms with van der Waals surface area (Å²) >= 11 is 0. The number of benzene rings is 2. The number of halogens is 1. The van der Waals surface area contributed by atoms with E-state index in [0.29, 0.717) is 25.1 Å². The van der Waals surface area contributed by atoms with Crippen molar-refractivity contribution >= 4 is 16.9 Å². The monoisotopic (exact) mass is 383 g/mol. The van der Waals surface area contributed by atoms with Crippen LogP contribution in [0.25, 0.3) is 11.0 Å². The molecule has 0 fully saturated rings. The number of fused-ring (bicyclic) bond motifs is 2. The summed E-state index contributed by atoms with van der Waals surface area (Å²) in [5.41, 5.74) is 0.442. The molecule has 0 spiro atoms. The van der Waals surface area contributed by atoms with Gasteiger partial charge in [-0.15, -0.1) is 0 Å². The fourth-order valence-corrected chi connectivity index (χ4v) is 3.64. The van der Waals surface area contributed by atoms with Gasteiger partial charge in [0.25, 0.3) is 5.91 Å². The smallest absolute Gasteiger partial charge is 0.290 e. The number of phenols is 1. The third-order valence-corrected chi connectivity index (χ3v) is 4.86. The zero-order valence-electron chi connectivity index (χ0n) is 15.1. The van der Waals surface area contributed by atoms with E-state index in [2.05, 4.69) is 0 Å². The summed E-state index contributed by atoms with van der Waals surface area (Å²) < 4.78 is 24.5. The number of hydrogen-bond acceptors (Lipinski definition) is 5. The lowest BCUT2D eigenvalue weighted by atomic mass is 9.98. The van der Waals surface area contributed by atoms with Gasteiger partial charge < -0.3 is 19.2 Å². The fourth-order valence-electron chi connectivity index (χ4n) is 3.64. The minimum Gasteiger partial charge on any atom is -0.508 e. The van der Waals surface area contributed by atoms with Crippen LogP contribution in [-0.2, 0) is 4.74 Å². The number of phenolic OH excluding ortho intramolecular Hbond substituents is 1. The number of amides is 1. The van der Waals surface area contributed by atoms with Crippen molar-refractivity contribution in [1.82, 2.24) is 4.90 Å². The summed E-state index contributed by atoms with van der Waals surface area (Å²) in [4.78, 5) is 27.7. The third kappa shape index (κ3) is 2.93. The van der Waals surface area contributed by atoms with E-state index < -0.39 is 23.2 Å². The molecule has 7 heteroatoms. The van der Waals surface area contributed by atoms with Gasteiger partial charge in [0.05, 0.1) is 17.0 Å². The molecule has 0 saturated carbocycles. The van der Waals surface area contributed by atoms with E-state index in [1.54, 1.807) is 19.2 Å². The predicted molar refractivity (Wildman–Crippen MR) is 99.9 cm³/mol. The highest BCUT2D eigenvalue weighted by Gasteiger charge is 2.42. The Labute approximate surface area is 159 Å². The first-order valence-electron chi connectivity index (χ1n) is 8.86. The number of carbonyl (C=O) groups is 1. The van der Waals surface area contributed by atoms with Gasteiger partial charge in [-0.25, -0.2) is 4.39 Å². The first-order chi connectivity index (χ1) is 13.5. The van der Waals surface area contributed by atoms with E-state index in [9.17, 15) is 19.1 Å². The van der Waals surface area contributed by atoms with E-state index in [1.165, 1.54) is 29.2 Å². The van der Waals surface area contributed by atoms with Crippen LogP contribution in [0.1, 0.15) is 34.1 Å². The molecule has 1 amide bonds. The van der Waals surface area contributed by atoms with Gasteiger partial charge in [-0.3, -0.25) is 9.59 Å². The van der Waals surface area contributed by atoms with Crippen LogP contribution in [0, 0.1) is 5.82 Å². The minimum absolute atomic E-state index is 0.0199. The molecular formula is C21H18FNO5. The molecule has 2 heterocycles. The van der Waals surface area contributed by atoms with Gasteiger partial charge >= 0.3 is 0 Å². The molecule has 3 aromatic rings. The molecule has 1 aromatic heterocycles. The van der Waals surface area contributed by atoms with Crippen LogP contribution in [0.5, 0.6) is 5.75 Å². The molecule has 0 saturated heterocycles. The molecule has 1 N–H and O–H groups in total. The van der Waals surface area contributed by atoms with Gasteiger partial charge in [-0.1, -0.05) is 12.1 Å². The van der Waals surface area contributed by atoms with Crippen molar-refractivity contribution in [2.75, 3.05) is 20.3 Å². The van der Waals surface area contributed by atoms with Crippen molar-refractivity contribution < 1.29 is 23.4 Å². The lowest BCUT2D eigenvalue weighted by Crippen LogP contribution is -2.31. The van der Waals surface area contributed by atoms with Gasteiger partial charge in [0.1, 0.15) is 17.1 Å². The Morgan fingerprint density at radius 1 is 1.21 bits per heavy atom. The van der Waals surface area contributed by atoms with Gasteiger partial charge in [0, 0.05) is 20.3 Å². The second kappa shape index (κ2) is 7.09. The molecule has 0 aliphatic carbocycles. The van der Waals surface area contributed by atoms with Crippen LogP contribution >= 0.6 is 0 Å². The number of aromatic hydroxyl groups is 1. The quantitative estimate of drug-likeness (QED) is 0.685. The van der Waals surface area contributed by atoms with Crippen LogP contribution in [0.15, 0.2) is 51.7 Å². The number of hydrogen-bond donors (Lipinski definition) is 1. The molecule has 28 heavy (non-hydrogen) atoms. The zero-order chi connectivity index (χ0) is 19.8. The van der Waals surface area contributed by atoms with E-state index in [-0.39, 0.29) is 28.0 Å². The maximum absolute atomic E-state index is 13.7. The maximum Gasteiger partial charge on any atom is 0.290 e. The summed E-state index contributed by atoms with van der Waals surface area (Å²) in [5, 5.41) is 9.97. The maximum atomic E-state index is 13.7. The highest BCUT2D eigenvalue weighted by atomic mass is 19.1. The molecule has 0 radical (unpaired) electrons. The van der Waals surface area contributed by atoms with E-state index in [0.717, 1.165) is 6.07 Å². The van der Waals surface area contributed by atoms with Crippen molar-refractivity contribution in [3.8, 4) is 5.75 Å². The Hall–Kier alpha value is -3.19. The Morgan fingerprint density at radius 2 is 2.04 bits per heavy atom. The van der Waals surface area contributed by atoms with Gasteiger partial charge in [-0.05, 0) is 42.3 Å². The Bertz CT molecular complexity index is 1120. The molecule has 6 nitrogen and oxygen atoms in total. The van der Waals surface area contributed by atoms with Crippen LogP contribution in [0.4, 0.5) is 4.39 Å². The second-order valence-corrected chi connectivity index (χ2v) is 6.66. The lowest BCUT2D eigenvalue weighted by molar-refractivity contribution is 0.0707. The normalized spacial score (nSPS) is 16.0. The number of methoxy groups -OCH3 is 1. The van der Waals surface area contributed by atoms with Crippen LogP contribution < -0.4 is 5.43 Å². The third-order valence-electron chi connectivity index (χ3n) is 4.86. The standard InChI is InChI=1S/C21H18FNO5/c1-27-9-3-8-23-18(12-4-2-5-14(24)10-12)17-19(25)15-11-13(22)6-7-16(15)28-20(17)21(23)26/h2,4-7,10-11,18,24H,3,8-9H2,1H3. The number of carbonyl (C=O) groups excluding carboxylic acids is 1. The molecule has 1 unspecified atom stereocenters. The number of ether oxygens (including phenoxy) is 1. The highest BCUT2D eigenvalue weighted by molar-refractivity contribution is 5.99. The minimum atomic E-state index is -0.727. The molecule has 1 aliphatic heterocycles. The van der Waals surface area contributed by atoms with Crippen molar-refractivity contribution in [2.24, 2.45) is 0 Å². The Kier molecular flexibility index (Phi) is 4.60. The molecule has 0 bridgehead atoms. The van der Waals surface area contributed by atoms with Crippen LogP contribution in [-0.4, -0.2) is 36.2 Å². The van der Waals surface area contributed by atoms with Gasteiger partial charge in [-0.2, -0.15) is 0 Å². The molecule has 1 aliphatic rings. The highest BCUT2D eigenvalue weighted by Crippen LogP contribution is 2.39. The van der Waals surface area contributed by atoms with Crippen molar-refractivity contribution in [3.05, 3.63) is 75.4 Å². The summed E-state index contributed by atoms with van der Waals surface area (Å²) in [6.45, 7) is 0.781.